The van der Waals surface area contributed by atoms with Gasteiger partial charge in [-0.1, -0.05) is 12.1 Å². The molecule has 0 aliphatic heterocycles. The number of rotatable bonds is 2. The van der Waals surface area contributed by atoms with Gasteiger partial charge in [0.15, 0.2) is 5.82 Å². The predicted molar refractivity (Wildman–Crippen MR) is 79.2 cm³/mol. The Balaban J connectivity index is 2.25. The summed E-state index contributed by atoms with van der Waals surface area (Å²) >= 11 is 0. The van der Waals surface area contributed by atoms with Crippen molar-refractivity contribution in [3.8, 4) is 11.4 Å². The maximum Gasteiger partial charge on any atom is 0.162 e. The molecule has 0 bridgehead atoms. The number of hydrogen-bond acceptors (Lipinski definition) is 3. The fourth-order valence-corrected chi connectivity index (χ4v) is 2.26. The van der Waals surface area contributed by atoms with Gasteiger partial charge >= 0.3 is 0 Å². The van der Waals surface area contributed by atoms with Gasteiger partial charge < -0.3 is 5.32 Å². The van der Waals surface area contributed by atoms with Gasteiger partial charge in [-0.2, -0.15) is 0 Å². The molecule has 0 aliphatic rings. The minimum Gasteiger partial charge on any atom is -0.373 e. The molecule has 3 aromatic rings. The number of anilines is 1. The van der Waals surface area contributed by atoms with Crippen molar-refractivity contribution in [1.82, 2.24) is 9.97 Å². The molecule has 0 amide bonds. The first-order chi connectivity index (χ1) is 9.69. The second-order valence-corrected chi connectivity index (χ2v) is 4.62. The van der Waals surface area contributed by atoms with Crippen LogP contribution in [-0.4, -0.2) is 17.0 Å². The van der Waals surface area contributed by atoms with Gasteiger partial charge in [-0.3, -0.25) is 0 Å². The Morgan fingerprint density at radius 1 is 1.00 bits per heavy atom. The van der Waals surface area contributed by atoms with Crippen LogP contribution >= 0.6 is 0 Å². The van der Waals surface area contributed by atoms with Crippen molar-refractivity contribution in [2.24, 2.45) is 0 Å². The van der Waals surface area contributed by atoms with Gasteiger partial charge in [0.1, 0.15) is 11.6 Å². The van der Waals surface area contributed by atoms with E-state index in [0.29, 0.717) is 5.82 Å². The summed E-state index contributed by atoms with van der Waals surface area (Å²) in [5.41, 5.74) is 2.80. The molecule has 0 unspecified atom stereocenters. The number of fused-ring (bicyclic) bond motifs is 1. The van der Waals surface area contributed by atoms with E-state index in [2.05, 4.69) is 15.3 Å². The van der Waals surface area contributed by atoms with Crippen LogP contribution in [0.4, 0.5) is 10.2 Å². The first-order valence-corrected chi connectivity index (χ1v) is 6.40. The summed E-state index contributed by atoms with van der Waals surface area (Å²) in [5, 5.41) is 4.12. The van der Waals surface area contributed by atoms with Crippen molar-refractivity contribution in [2.75, 3.05) is 12.4 Å². The molecular weight excluding hydrogens is 253 g/mol. The maximum atomic E-state index is 13.0. The summed E-state index contributed by atoms with van der Waals surface area (Å²) < 4.78 is 13.0. The van der Waals surface area contributed by atoms with E-state index >= 15 is 0 Å². The smallest absolute Gasteiger partial charge is 0.162 e. The number of halogens is 1. The van der Waals surface area contributed by atoms with Crippen LogP contribution in [0, 0.1) is 12.7 Å². The second-order valence-electron chi connectivity index (χ2n) is 4.62. The van der Waals surface area contributed by atoms with E-state index in [1.807, 2.05) is 32.2 Å². The first kappa shape index (κ1) is 12.5. The molecular formula is C16H14FN3. The van der Waals surface area contributed by atoms with Gasteiger partial charge in [0.05, 0.1) is 5.52 Å². The lowest BCUT2D eigenvalue weighted by atomic mass is 10.1. The third-order valence-corrected chi connectivity index (χ3v) is 3.27. The lowest BCUT2D eigenvalue weighted by Gasteiger charge is -2.10. The zero-order valence-corrected chi connectivity index (χ0v) is 11.3. The summed E-state index contributed by atoms with van der Waals surface area (Å²) in [6.45, 7) is 2.03. The van der Waals surface area contributed by atoms with Gasteiger partial charge in [0.25, 0.3) is 0 Å². The summed E-state index contributed by atoms with van der Waals surface area (Å²) in [6, 6.07) is 12.2. The van der Waals surface area contributed by atoms with Crippen LogP contribution in [0.25, 0.3) is 22.3 Å². The van der Waals surface area contributed by atoms with Crippen LogP contribution in [0.15, 0.2) is 42.5 Å². The minimum atomic E-state index is -0.265. The highest BCUT2D eigenvalue weighted by molar-refractivity contribution is 5.93. The van der Waals surface area contributed by atoms with Crippen LogP contribution in [0.1, 0.15) is 5.56 Å². The summed E-state index contributed by atoms with van der Waals surface area (Å²) in [5.74, 6) is 1.11. The van der Waals surface area contributed by atoms with Crippen LogP contribution in [0.5, 0.6) is 0 Å². The summed E-state index contributed by atoms with van der Waals surface area (Å²) in [4.78, 5) is 9.11. The molecule has 0 aliphatic carbocycles. The minimum absolute atomic E-state index is 0.265. The quantitative estimate of drug-likeness (QED) is 0.767. The average Bonchev–Trinajstić information content (AvgIpc) is 2.47. The van der Waals surface area contributed by atoms with E-state index in [1.54, 1.807) is 12.1 Å². The molecule has 0 saturated carbocycles. The Labute approximate surface area is 116 Å². The van der Waals surface area contributed by atoms with Gasteiger partial charge in [-0.05, 0) is 42.8 Å². The standard InChI is InChI=1S/C16H14FN3/c1-10-4-3-5-13-14(10)16(18-2)20-15(19-13)11-6-8-12(17)9-7-11/h3-9H,1-2H3,(H,18,19,20). The molecule has 20 heavy (non-hydrogen) atoms. The highest BCUT2D eigenvalue weighted by Gasteiger charge is 2.10. The van der Waals surface area contributed by atoms with Crippen LogP contribution in [-0.2, 0) is 0 Å². The third-order valence-electron chi connectivity index (χ3n) is 3.27. The number of aryl methyl sites for hydroxylation is 1. The SMILES string of the molecule is CNc1nc(-c2ccc(F)cc2)nc2cccc(C)c12. The lowest BCUT2D eigenvalue weighted by molar-refractivity contribution is 0.628. The molecule has 3 rings (SSSR count). The van der Waals surface area contributed by atoms with E-state index in [-0.39, 0.29) is 5.82 Å². The first-order valence-electron chi connectivity index (χ1n) is 6.40. The Bertz CT molecular complexity index is 767. The van der Waals surface area contributed by atoms with Crippen LogP contribution in [0.2, 0.25) is 0 Å². The molecule has 1 N–H and O–H groups in total. The Morgan fingerprint density at radius 2 is 1.75 bits per heavy atom. The van der Waals surface area contributed by atoms with Crippen molar-refractivity contribution >= 4 is 16.7 Å². The van der Waals surface area contributed by atoms with Crippen molar-refractivity contribution < 1.29 is 4.39 Å². The number of aromatic nitrogens is 2. The second kappa shape index (κ2) is 4.89. The molecule has 0 atom stereocenters. The number of nitrogens with zero attached hydrogens (tertiary/aromatic N) is 2. The highest BCUT2D eigenvalue weighted by Crippen LogP contribution is 2.27. The van der Waals surface area contributed by atoms with Crippen molar-refractivity contribution in [3.05, 3.63) is 53.8 Å². The van der Waals surface area contributed by atoms with E-state index < -0.39 is 0 Å². The average molecular weight is 267 g/mol. The fourth-order valence-electron chi connectivity index (χ4n) is 2.26. The molecule has 100 valence electrons. The molecule has 1 heterocycles. The summed E-state index contributed by atoms with van der Waals surface area (Å²) in [6.07, 6.45) is 0. The number of benzene rings is 2. The van der Waals surface area contributed by atoms with Crippen molar-refractivity contribution in [2.45, 2.75) is 6.92 Å². The molecule has 3 nitrogen and oxygen atoms in total. The number of hydrogen-bond donors (Lipinski definition) is 1. The molecule has 2 aromatic carbocycles. The van der Waals surface area contributed by atoms with E-state index in [0.717, 1.165) is 27.8 Å². The summed E-state index contributed by atoms with van der Waals surface area (Å²) in [7, 11) is 1.84. The van der Waals surface area contributed by atoms with Crippen molar-refractivity contribution in [1.29, 1.82) is 0 Å². The largest absolute Gasteiger partial charge is 0.373 e. The lowest BCUT2D eigenvalue weighted by Crippen LogP contribution is -2.00. The maximum absolute atomic E-state index is 13.0. The topological polar surface area (TPSA) is 37.8 Å². The van der Waals surface area contributed by atoms with Gasteiger partial charge in [0.2, 0.25) is 0 Å². The van der Waals surface area contributed by atoms with Crippen molar-refractivity contribution in [3.63, 3.8) is 0 Å². The predicted octanol–water partition coefficient (Wildman–Crippen LogP) is 3.79. The fraction of sp³-hybridized carbons (Fsp3) is 0.125. The van der Waals surface area contributed by atoms with E-state index in [1.165, 1.54) is 12.1 Å². The Kier molecular flexibility index (Phi) is 3.06. The Morgan fingerprint density at radius 3 is 2.45 bits per heavy atom. The molecule has 0 saturated heterocycles. The highest BCUT2D eigenvalue weighted by atomic mass is 19.1. The van der Waals surface area contributed by atoms with Gasteiger partial charge in [-0.25, -0.2) is 14.4 Å². The molecule has 0 radical (unpaired) electrons. The zero-order valence-electron chi connectivity index (χ0n) is 11.3. The number of nitrogens with one attached hydrogen (secondary N) is 1. The molecule has 4 heteroatoms. The molecule has 0 spiro atoms. The van der Waals surface area contributed by atoms with E-state index in [4.69, 9.17) is 0 Å². The monoisotopic (exact) mass is 267 g/mol. The zero-order chi connectivity index (χ0) is 14.1. The van der Waals surface area contributed by atoms with Gasteiger partial charge in [-0.15, -0.1) is 0 Å². The van der Waals surface area contributed by atoms with Crippen LogP contribution < -0.4 is 5.32 Å². The molecule has 0 fully saturated rings. The third kappa shape index (κ3) is 2.09. The van der Waals surface area contributed by atoms with Crippen LogP contribution in [0.3, 0.4) is 0 Å². The Hall–Kier alpha value is -2.49. The van der Waals surface area contributed by atoms with Gasteiger partial charge in [0, 0.05) is 18.0 Å². The normalized spacial score (nSPS) is 10.8. The van der Waals surface area contributed by atoms with E-state index in [9.17, 15) is 4.39 Å². The molecule has 1 aromatic heterocycles.